The fourth-order valence-electron chi connectivity index (χ4n) is 2.98. The summed E-state index contributed by atoms with van der Waals surface area (Å²) in [5, 5.41) is 0.242. The summed E-state index contributed by atoms with van der Waals surface area (Å²) in [5.74, 6) is -0.0828. The molecule has 21 heavy (non-hydrogen) atoms. The van der Waals surface area contributed by atoms with Gasteiger partial charge in [0.05, 0.1) is 5.02 Å². The van der Waals surface area contributed by atoms with Gasteiger partial charge in [-0.2, -0.15) is 4.31 Å². The van der Waals surface area contributed by atoms with Crippen LogP contribution < -0.4 is 4.90 Å². The van der Waals surface area contributed by atoms with Crippen molar-refractivity contribution in [1.29, 1.82) is 0 Å². The Kier molecular flexibility index (Phi) is 3.71. The van der Waals surface area contributed by atoms with Gasteiger partial charge >= 0.3 is 0 Å². The van der Waals surface area contributed by atoms with E-state index in [-0.39, 0.29) is 15.8 Å². The van der Waals surface area contributed by atoms with Crippen molar-refractivity contribution in [2.45, 2.75) is 31.1 Å². The number of benzene rings is 1. The molecule has 0 atom stereocenters. The van der Waals surface area contributed by atoms with E-state index in [9.17, 15) is 13.2 Å². The molecule has 2 heterocycles. The number of carbonyl (C=O) groups is 1. The predicted molar refractivity (Wildman–Crippen MR) is 81.2 cm³/mol. The van der Waals surface area contributed by atoms with Gasteiger partial charge < -0.3 is 4.90 Å². The zero-order chi connectivity index (χ0) is 15.2. The van der Waals surface area contributed by atoms with Gasteiger partial charge in [0.15, 0.2) is 0 Å². The van der Waals surface area contributed by atoms with Crippen molar-refractivity contribution < 1.29 is 13.2 Å². The molecule has 1 saturated heterocycles. The first-order valence-corrected chi connectivity index (χ1v) is 8.84. The second-order valence-electron chi connectivity index (χ2n) is 5.44. The molecule has 0 aliphatic carbocycles. The maximum absolute atomic E-state index is 12.7. The molecule has 0 spiro atoms. The van der Waals surface area contributed by atoms with E-state index in [0.29, 0.717) is 31.7 Å². The number of sulfonamides is 1. The highest BCUT2D eigenvalue weighted by Gasteiger charge is 2.32. The van der Waals surface area contributed by atoms with Gasteiger partial charge in [0, 0.05) is 32.2 Å². The molecule has 114 valence electrons. The molecule has 1 amide bonds. The predicted octanol–water partition coefficient (Wildman–Crippen LogP) is 2.03. The van der Waals surface area contributed by atoms with Crippen molar-refractivity contribution in [3.8, 4) is 0 Å². The van der Waals surface area contributed by atoms with Crippen molar-refractivity contribution in [2.75, 3.05) is 24.5 Å². The van der Waals surface area contributed by atoms with Gasteiger partial charge in [0.2, 0.25) is 15.9 Å². The third-order valence-corrected chi connectivity index (χ3v) is 6.45. The second kappa shape index (κ2) is 5.26. The Morgan fingerprint density at radius 1 is 1.19 bits per heavy atom. The van der Waals surface area contributed by atoms with E-state index in [2.05, 4.69) is 0 Å². The van der Waals surface area contributed by atoms with E-state index >= 15 is 0 Å². The fraction of sp³-hybridized carbons (Fsp3) is 0.500. The molecule has 2 aliphatic rings. The summed E-state index contributed by atoms with van der Waals surface area (Å²) in [4.78, 5) is 13.4. The van der Waals surface area contributed by atoms with Crippen LogP contribution in [0, 0.1) is 0 Å². The van der Waals surface area contributed by atoms with Crippen LogP contribution in [-0.4, -0.2) is 38.3 Å². The SMILES string of the molecule is CC(=O)N1CCc2cc(Cl)c(S(=O)(=O)N3CCCC3)cc21. The van der Waals surface area contributed by atoms with Crippen LogP contribution in [0.25, 0.3) is 0 Å². The fourth-order valence-corrected chi connectivity index (χ4v) is 5.04. The molecule has 1 aromatic rings. The summed E-state index contributed by atoms with van der Waals surface area (Å²) in [5.41, 5.74) is 1.60. The topological polar surface area (TPSA) is 57.7 Å². The molecule has 1 aromatic carbocycles. The van der Waals surface area contributed by atoms with E-state index in [0.717, 1.165) is 18.4 Å². The molecule has 1 fully saturated rings. The zero-order valence-corrected chi connectivity index (χ0v) is 13.4. The molecule has 0 unspecified atom stereocenters. The van der Waals surface area contributed by atoms with Crippen LogP contribution in [0.15, 0.2) is 17.0 Å². The van der Waals surface area contributed by atoms with Crippen molar-refractivity contribution in [2.24, 2.45) is 0 Å². The lowest BCUT2D eigenvalue weighted by Crippen LogP contribution is -2.29. The monoisotopic (exact) mass is 328 g/mol. The van der Waals surface area contributed by atoms with Gasteiger partial charge in [0.25, 0.3) is 0 Å². The van der Waals surface area contributed by atoms with Crippen LogP contribution in [0.2, 0.25) is 5.02 Å². The Labute approximate surface area is 129 Å². The minimum Gasteiger partial charge on any atom is -0.312 e. The number of hydrogen-bond acceptors (Lipinski definition) is 3. The maximum Gasteiger partial charge on any atom is 0.244 e. The Hall–Kier alpha value is -1.11. The van der Waals surface area contributed by atoms with Crippen LogP contribution in [0.4, 0.5) is 5.69 Å². The molecule has 0 radical (unpaired) electrons. The van der Waals surface area contributed by atoms with E-state index in [4.69, 9.17) is 11.6 Å². The molecule has 0 bridgehead atoms. The molecule has 3 rings (SSSR count). The van der Waals surface area contributed by atoms with Crippen LogP contribution >= 0.6 is 11.6 Å². The molecular formula is C14H17ClN2O3S. The molecule has 7 heteroatoms. The summed E-state index contributed by atoms with van der Waals surface area (Å²) in [6, 6.07) is 3.24. The van der Waals surface area contributed by atoms with Crippen molar-refractivity contribution >= 4 is 33.2 Å². The van der Waals surface area contributed by atoms with Gasteiger partial charge in [0.1, 0.15) is 4.90 Å². The van der Waals surface area contributed by atoms with Gasteiger partial charge in [-0.1, -0.05) is 11.6 Å². The minimum atomic E-state index is -3.58. The summed E-state index contributed by atoms with van der Waals surface area (Å²) in [6.45, 7) is 3.13. The summed E-state index contributed by atoms with van der Waals surface area (Å²) < 4.78 is 26.8. The lowest BCUT2D eigenvalue weighted by atomic mass is 10.2. The number of rotatable bonds is 2. The van der Waals surface area contributed by atoms with E-state index in [1.807, 2.05) is 0 Å². The van der Waals surface area contributed by atoms with Crippen LogP contribution in [0.3, 0.4) is 0 Å². The number of carbonyl (C=O) groups excluding carboxylic acids is 1. The average Bonchev–Trinajstić information content (AvgIpc) is 3.06. The normalized spacial score (nSPS) is 19.0. The molecule has 2 aliphatic heterocycles. The standard InChI is InChI=1S/C14H17ClN2O3S/c1-10(18)17-7-4-11-8-12(15)14(9-13(11)17)21(19,20)16-5-2-3-6-16/h8-9H,2-7H2,1H3. The first-order chi connectivity index (χ1) is 9.91. The van der Waals surface area contributed by atoms with Crippen molar-refractivity contribution in [1.82, 2.24) is 4.31 Å². The Morgan fingerprint density at radius 2 is 1.86 bits per heavy atom. The third kappa shape index (κ3) is 2.45. The summed E-state index contributed by atoms with van der Waals surface area (Å²) in [7, 11) is -3.58. The number of anilines is 1. The van der Waals surface area contributed by atoms with Gasteiger partial charge in [-0.15, -0.1) is 0 Å². The molecule has 0 N–H and O–H groups in total. The van der Waals surface area contributed by atoms with E-state index in [1.54, 1.807) is 17.0 Å². The second-order valence-corrected chi connectivity index (χ2v) is 7.76. The number of nitrogens with zero attached hydrogens (tertiary/aromatic N) is 2. The summed E-state index contributed by atoms with van der Waals surface area (Å²) in [6.07, 6.45) is 2.46. The average molecular weight is 329 g/mol. The molecule has 5 nitrogen and oxygen atoms in total. The first kappa shape index (κ1) is 14.8. The quantitative estimate of drug-likeness (QED) is 0.834. The highest BCUT2D eigenvalue weighted by atomic mass is 35.5. The number of fused-ring (bicyclic) bond motifs is 1. The highest BCUT2D eigenvalue weighted by molar-refractivity contribution is 7.89. The smallest absolute Gasteiger partial charge is 0.244 e. The first-order valence-electron chi connectivity index (χ1n) is 7.02. The van der Waals surface area contributed by atoms with Crippen LogP contribution in [0.5, 0.6) is 0 Å². The van der Waals surface area contributed by atoms with Crippen molar-refractivity contribution in [3.63, 3.8) is 0 Å². The maximum atomic E-state index is 12.7. The van der Waals surface area contributed by atoms with Crippen LogP contribution in [-0.2, 0) is 21.2 Å². The van der Waals surface area contributed by atoms with Crippen molar-refractivity contribution in [3.05, 3.63) is 22.7 Å². The largest absolute Gasteiger partial charge is 0.312 e. The number of amides is 1. The summed E-state index contributed by atoms with van der Waals surface area (Å²) >= 11 is 6.19. The Balaban J connectivity index is 2.08. The van der Waals surface area contributed by atoms with Gasteiger partial charge in [-0.05, 0) is 37.0 Å². The highest BCUT2D eigenvalue weighted by Crippen LogP contribution is 2.36. The number of halogens is 1. The minimum absolute atomic E-state index is 0.0828. The zero-order valence-electron chi connectivity index (χ0n) is 11.8. The molecule has 0 saturated carbocycles. The Morgan fingerprint density at radius 3 is 2.48 bits per heavy atom. The molecule has 0 aromatic heterocycles. The lowest BCUT2D eigenvalue weighted by molar-refractivity contribution is -0.116. The van der Waals surface area contributed by atoms with E-state index in [1.165, 1.54) is 11.2 Å². The van der Waals surface area contributed by atoms with Crippen LogP contribution in [0.1, 0.15) is 25.3 Å². The Bertz CT molecular complexity index is 696. The van der Waals surface area contributed by atoms with Gasteiger partial charge in [-0.3, -0.25) is 4.79 Å². The van der Waals surface area contributed by atoms with Gasteiger partial charge in [-0.25, -0.2) is 8.42 Å². The lowest BCUT2D eigenvalue weighted by Gasteiger charge is -2.19. The number of hydrogen-bond donors (Lipinski definition) is 0. The third-order valence-electron chi connectivity index (χ3n) is 4.09. The molecular weight excluding hydrogens is 312 g/mol. The van der Waals surface area contributed by atoms with E-state index < -0.39 is 10.0 Å².